The molecule has 0 bridgehead atoms. The molecule has 0 aliphatic carbocycles. The maximum atomic E-state index is 13.9. The first kappa shape index (κ1) is 15.2. The summed E-state index contributed by atoms with van der Waals surface area (Å²) >= 11 is 3.11. The number of hydrogen-bond acceptors (Lipinski definition) is 4. The number of halogens is 1. The molecule has 0 radical (unpaired) electrons. The molecule has 3 heterocycles. The molecule has 4 rings (SSSR count). The third kappa shape index (κ3) is 2.57. The second-order valence-corrected chi connectivity index (χ2v) is 7.65. The van der Waals surface area contributed by atoms with Crippen LogP contribution < -0.4 is 5.56 Å². The quantitative estimate of drug-likeness (QED) is 0.534. The zero-order valence-corrected chi connectivity index (χ0v) is 14.5. The van der Waals surface area contributed by atoms with Gasteiger partial charge in [0.05, 0.1) is 18.3 Å². The van der Waals surface area contributed by atoms with Gasteiger partial charge < -0.3 is 0 Å². The van der Waals surface area contributed by atoms with E-state index in [2.05, 4.69) is 4.98 Å². The molecule has 6 heteroatoms. The zero-order chi connectivity index (χ0) is 16.7. The highest BCUT2D eigenvalue weighted by atomic mass is 32.1. The Morgan fingerprint density at radius 3 is 2.79 bits per heavy atom. The molecule has 0 aliphatic rings. The Kier molecular flexibility index (Phi) is 3.78. The summed E-state index contributed by atoms with van der Waals surface area (Å²) in [5.41, 5.74) is 1.25. The molecule has 0 aliphatic heterocycles. The standard InChI is InChI=1S/C18H13FN2OS2/c1-11-6-7-15(24-11)13-9-23-17-16(13)18(22)21(10-20-17)8-12-4-2-3-5-14(12)19/h2-7,9-10H,8H2,1H3. The first-order valence-electron chi connectivity index (χ1n) is 7.40. The fraction of sp³-hybridized carbons (Fsp3) is 0.111. The summed E-state index contributed by atoms with van der Waals surface area (Å²) in [4.78, 5) is 20.3. The average molecular weight is 356 g/mol. The smallest absolute Gasteiger partial charge is 0.263 e. The highest BCUT2D eigenvalue weighted by Crippen LogP contribution is 2.34. The van der Waals surface area contributed by atoms with Gasteiger partial charge in [0.15, 0.2) is 0 Å². The molecular weight excluding hydrogens is 343 g/mol. The van der Waals surface area contributed by atoms with Crippen molar-refractivity contribution in [3.63, 3.8) is 0 Å². The molecule has 0 saturated carbocycles. The van der Waals surface area contributed by atoms with Crippen molar-refractivity contribution >= 4 is 32.9 Å². The lowest BCUT2D eigenvalue weighted by Crippen LogP contribution is -2.21. The Bertz CT molecular complexity index is 1090. The molecule has 0 unspecified atom stereocenters. The Hall–Kier alpha value is -2.31. The van der Waals surface area contributed by atoms with Crippen LogP contribution in [-0.4, -0.2) is 9.55 Å². The molecule has 3 nitrogen and oxygen atoms in total. The number of thiophene rings is 2. The van der Waals surface area contributed by atoms with Gasteiger partial charge in [-0.25, -0.2) is 9.37 Å². The summed E-state index contributed by atoms with van der Waals surface area (Å²) in [6, 6.07) is 10.5. The Balaban J connectivity index is 1.86. The molecule has 120 valence electrons. The minimum absolute atomic E-state index is 0.134. The van der Waals surface area contributed by atoms with Crippen molar-refractivity contribution in [2.75, 3.05) is 0 Å². The molecule has 0 N–H and O–H groups in total. The second kappa shape index (κ2) is 5.96. The number of nitrogens with zero attached hydrogens (tertiary/aromatic N) is 2. The van der Waals surface area contributed by atoms with Gasteiger partial charge in [-0.15, -0.1) is 22.7 Å². The average Bonchev–Trinajstić information content (AvgIpc) is 3.18. The number of benzene rings is 1. The molecule has 4 aromatic rings. The normalized spacial score (nSPS) is 11.2. The van der Waals surface area contributed by atoms with Gasteiger partial charge in [-0.3, -0.25) is 9.36 Å². The molecule has 0 fully saturated rings. The van der Waals surface area contributed by atoms with Crippen molar-refractivity contribution in [3.8, 4) is 10.4 Å². The summed E-state index contributed by atoms with van der Waals surface area (Å²) in [6.45, 7) is 2.21. The van der Waals surface area contributed by atoms with Crippen LogP contribution in [0.1, 0.15) is 10.4 Å². The summed E-state index contributed by atoms with van der Waals surface area (Å²) in [5.74, 6) is -0.316. The van der Waals surface area contributed by atoms with E-state index in [4.69, 9.17) is 0 Å². The summed E-state index contributed by atoms with van der Waals surface area (Å²) in [5, 5.41) is 2.58. The van der Waals surface area contributed by atoms with Crippen molar-refractivity contribution in [3.05, 3.63) is 74.7 Å². The van der Waals surface area contributed by atoms with Crippen molar-refractivity contribution in [1.82, 2.24) is 9.55 Å². The van der Waals surface area contributed by atoms with Gasteiger partial charge in [-0.1, -0.05) is 18.2 Å². The van der Waals surface area contributed by atoms with Crippen LogP contribution in [0.4, 0.5) is 4.39 Å². The molecule has 1 aromatic carbocycles. The van der Waals surface area contributed by atoms with Crippen LogP contribution in [0.25, 0.3) is 20.7 Å². The predicted octanol–water partition coefficient (Wildman–Crippen LogP) is 4.68. The molecule has 0 amide bonds. The molecular formula is C18H13FN2OS2. The summed E-state index contributed by atoms with van der Waals surface area (Å²) in [6.07, 6.45) is 1.50. The van der Waals surface area contributed by atoms with Gasteiger partial charge in [0.2, 0.25) is 0 Å². The van der Waals surface area contributed by atoms with Crippen molar-refractivity contribution < 1.29 is 4.39 Å². The summed E-state index contributed by atoms with van der Waals surface area (Å²) < 4.78 is 15.3. The number of hydrogen-bond donors (Lipinski definition) is 0. The Morgan fingerprint density at radius 1 is 1.21 bits per heavy atom. The minimum atomic E-state index is -0.316. The second-order valence-electron chi connectivity index (χ2n) is 5.51. The fourth-order valence-corrected chi connectivity index (χ4v) is 4.51. The Morgan fingerprint density at radius 2 is 2.04 bits per heavy atom. The van der Waals surface area contributed by atoms with Gasteiger partial charge in [0.25, 0.3) is 5.56 Å². The van der Waals surface area contributed by atoms with Gasteiger partial charge in [-0.2, -0.15) is 0 Å². The van der Waals surface area contributed by atoms with Crippen LogP contribution in [0.5, 0.6) is 0 Å². The van der Waals surface area contributed by atoms with E-state index in [9.17, 15) is 9.18 Å². The molecule has 0 spiro atoms. The summed E-state index contributed by atoms with van der Waals surface area (Å²) in [7, 11) is 0. The predicted molar refractivity (Wildman–Crippen MR) is 97.4 cm³/mol. The van der Waals surface area contributed by atoms with E-state index in [1.807, 2.05) is 24.4 Å². The van der Waals surface area contributed by atoms with Crippen LogP contribution in [-0.2, 0) is 6.54 Å². The highest BCUT2D eigenvalue weighted by molar-refractivity contribution is 7.19. The lowest BCUT2D eigenvalue weighted by atomic mass is 10.2. The van der Waals surface area contributed by atoms with Crippen LogP contribution in [0, 0.1) is 12.7 Å². The largest absolute Gasteiger partial charge is 0.294 e. The number of aromatic nitrogens is 2. The number of aryl methyl sites for hydroxylation is 1. The lowest BCUT2D eigenvalue weighted by molar-refractivity contribution is 0.595. The maximum Gasteiger partial charge on any atom is 0.263 e. The molecule has 0 atom stereocenters. The van der Waals surface area contributed by atoms with Gasteiger partial charge in [0.1, 0.15) is 10.6 Å². The van der Waals surface area contributed by atoms with Crippen molar-refractivity contribution in [1.29, 1.82) is 0 Å². The molecule has 3 aromatic heterocycles. The first-order valence-corrected chi connectivity index (χ1v) is 9.10. The van der Waals surface area contributed by atoms with Crippen molar-refractivity contribution in [2.24, 2.45) is 0 Å². The van der Waals surface area contributed by atoms with Crippen LogP contribution in [0.2, 0.25) is 0 Å². The first-order chi connectivity index (χ1) is 11.6. The monoisotopic (exact) mass is 356 g/mol. The van der Waals surface area contributed by atoms with E-state index in [1.54, 1.807) is 29.5 Å². The number of rotatable bonds is 3. The van der Waals surface area contributed by atoms with Crippen LogP contribution in [0.3, 0.4) is 0 Å². The lowest BCUT2D eigenvalue weighted by Gasteiger charge is -2.07. The third-order valence-electron chi connectivity index (χ3n) is 3.87. The van der Waals surface area contributed by atoms with Crippen molar-refractivity contribution in [2.45, 2.75) is 13.5 Å². The van der Waals surface area contributed by atoms with E-state index in [0.717, 1.165) is 10.4 Å². The highest BCUT2D eigenvalue weighted by Gasteiger charge is 2.15. The van der Waals surface area contributed by atoms with Gasteiger partial charge in [-0.05, 0) is 25.1 Å². The SMILES string of the molecule is Cc1ccc(-c2csc3ncn(Cc4ccccc4F)c(=O)c23)s1. The van der Waals surface area contributed by atoms with Gasteiger partial charge in [0, 0.05) is 26.3 Å². The van der Waals surface area contributed by atoms with E-state index >= 15 is 0 Å². The van der Waals surface area contributed by atoms with E-state index < -0.39 is 0 Å². The van der Waals surface area contributed by atoms with E-state index in [0.29, 0.717) is 15.8 Å². The molecule has 24 heavy (non-hydrogen) atoms. The zero-order valence-electron chi connectivity index (χ0n) is 12.8. The maximum absolute atomic E-state index is 13.9. The topological polar surface area (TPSA) is 34.9 Å². The van der Waals surface area contributed by atoms with Crippen LogP contribution in [0.15, 0.2) is 52.9 Å². The van der Waals surface area contributed by atoms with Gasteiger partial charge >= 0.3 is 0 Å². The molecule has 0 saturated heterocycles. The third-order valence-corrected chi connectivity index (χ3v) is 5.79. The van der Waals surface area contributed by atoms with E-state index in [1.165, 1.54) is 33.2 Å². The van der Waals surface area contributed by atoms with Crippen LogP contribution >= 0.6 is 22.7 Å². The Labute approximate surface area is 145 Å². The fourth-order valence-electron chi connectivity index (χ4n) is 2.65. The minimum Gasteiger partial charge on any atom is -0.294 e. The number of fused-ring (bicyclic) bond motifs is 1. The van der Waals surface area contributed by atoms with E-state index in [-0.39, 0.29) is 17.9 Å².